The summed E-state index contributed by atoms with van der Waals surface area (Å²) in [7, 11) is 1.64. The Morgan fingerprint density at radius 3 is 2.36 bits per heavy atom. The van der Waals surface area contributed by atoms with E-state index in [2.05, 4.69) is 5.32 Å². The van der Waals surface area contributed by atoms with Gasteiger partial charge < -0.3 is 15.2 Å². The molecule has 116 valence electrons. The number of carbonyl (C=O) groups is 1. The molecule has 5 nitrogen and oxygen atoms in total. The van der Waals surface area contributed by atoms with Crippen molar-refractivity contribution in [2.24, 2.45) is 0 Å². The number of hydrogen-bond acceptors (Lipinski definition) is 3. The Morgan fingerprint density at radius 1 is 1.18 bits per heavy atom. The number of aromatic hydroxyl groups is 1. The Balaban J connectivity index is 1.92. The second-order valence-corrected chi connectivity index (χ2v) is 5.18. The first-order valence-corrected chi connectivity index (χ1v) is 7.09. The van der Waals surface area contributed by atoms with Crippen LogP contribution in [-0.2, 0) is 0 Å². The van der Waals surface area contributed by atoms with E-state index in [1.807, 2.05) is 0 Å². The summed E-state index contributed by atoms with van der Waals surface area (Å²) in [5.41, 5.74) is 0.661. The van der Waals surface area contributed by atoms with Crippen LogP contribution in [0.4, 0.5) is 10.5 Å². The highest BCUT2D eigenvalue weighted by molar-refractivity contribution is 6.30. The van der Waals surface area contributed by atoms with Gasteiger partial charge in [0.2, 0.25) is 0 Å². The van der Waals surface area contributed by atoms with Crippen LogP contribution in [0.15, 0.2) is 48.5 Å². The van der Waals surface area contributed by atoms with Crippen LogP contribution in [0.2, 0.25) is 5.02 Å². The Morgan fingerprint density at radius 2 is 1.77 bits per heavy atom. The van der Waals surface area contributed by atoms with E-state index in [9.17, 15) is 9.90 Å². The summed E-state index contributed by atoms with van der Waals surface area (Å²) in [5.74, 6) is 0.765. The number of halogens is 1. The summed E-state index contributed by atoms with van der Waals surface area (Å²) in [5, 5.41) is 12.6. The fourth-order valence-corrected chi connectivity index (χ4v) is 1.94. The maximum absolute atomic E-state index is 12.1. The number of nitrogens with one attached hydrogen (secondary N) is 1. The number of carbonyl (C=O) groups excluding carboxylic acids is 1. The SMILES string of the molecule is CC(NC(=O)N(C)c1ccc(O)cc1)Oc1ccc(Cl)cc1. The third-order valence-electron chi connectivity index (χ3n) is 2.99. The van der Waals surface area contributed by atoms with Gasteiger partial charge in [-0.05, 0) is 55.5 Å². The maximum atomic E-state index is 12.1. The fraction of sp³-hybridized carbons (Fsp3) is 0.188. The standard InChI is InChI=1S/C16H17ClN2O3/c1-11(22-15-9-3-12(17)4-10-15)18-16(21)19(2)13-5-7-14(20)8-6-13/h3-11,20H,1-2H3,(H,18,21). The van der Waals surface area contributed by atoms with Gasteiger partial charge in [-0.15, -0.1) is 0 Å². The molecule has 0 aromatic heterocycles. The molecule has 0 aliphatic carbocycles. The van der Waals surface area contributed by atoms with Crippen LogP contribution in [0.25, 0.3) is 0 Å². The topological polar surface area (TPSA) is 61.8 Å². The molecule has 22 heavy (non-hydrogen) atoms. The van der Waals surface area contributed by atoms with Crippen molar-refractivity contribution in [1.82, 2.24) is 5.32 Å². The number of nitrogens with zero attached hydrogens (tertiary/aromatic N) is 1. The molecule has 2 N–H and O–H groups in total. The van der Waals surface area contributed by atoms with E-state index >= 15 is 0 Å². The number of ether oxygens (including phenoxy) is 1. The van der Waals surface area contributed by atoms with E-state index in [1.165, 1.54) is 17.0 Å². The van der Waals surface area contributed by atoms with Crippen molar-refractivity contribution in [3.8, 4) is 11.5 Å². The monoisotopic (exact) mass is 320 g/mol. The minimum Gasteiger partial charge on any atom is -0.508 e. The first-order valence-electron chi connectivity index (χ1n) is 6.71. The Bertz CT molecular complexity index is 629. The number of urea groups is 1. The van der Waals surface area contributed by atoms with Crippen molar-refractivity contribution >= 4 is 23.3 Å². The van der Waals surface area contributed by atoms with Gasteiger partial charge in [0.25, 0.3) is 0 Å². The molecule has 6 heteroatoms. The zero-order valence-corrected chi connectivity index (χ0v) is 13.0. The molecule has 0 aliphatic heterocycles. The highest BCUT2D eigenvalue weighted by Crippen LogP contribution is 2.18. The maximum Gasteiger partial charge on any atom is 0.324 e. The lowest BCUT2D eigenvalue weighted by Gasteiger charge is -2.22. The molecule has 0 aliphatic rings. The number of anilines is 1. The predicted octanol–water partition coefficient (Wildman–Crippen LogP) is 3.62. The summed E-state index contributed by atoms with van der Waals surface area (Å²) in [4.78, 5) is 13.6. The van der Waals surface area contributed by atoms with Crippen LogP contribution in [-0.4, -0.2) is 24.4 Å². The van der Waals surface area contributed by atoms with Crippen LogP contribution >= 0.6 is 11.6 Å². The van der Waals surface area contributed by atoms with Gasteiger partial charge in [-0.1, -0.05) is 11.6 Å². The van der Waals surface area contributed by atoms with Crippen molar-refractivity contribution in [2.75, 3.05) is 11.9 Å². The molecule has 0 fully saturated rings. The van der Waals surface area contributed by atoms with Crippen molar-refractivity contribution < 1.29 is 14.6 Å². The normalized spacial score (nSPS) is 11.6. The molecular weight excluding hydrogens is 304 g/mol. The van der Waals surface area contributed by atoms with Gasteiger partial charge in [0.05, 0.1) is 0 Å². The molecule has 2 aromatic carbocycles. The van der Waals surface area contributed by atoms with Gasteiger partial charge in [-0.2, -0.15) is 0 Å². The summed E-state index contributed by atoms with van der Waals surface area (Å²) in [6, 6.07) is 12.9. The van der Waals surface area contributed by atoms with Crippen LogP contribution in [0.3, 0.4) is 0 Å². The second kappa shape index (κ2) is 7.04. The van der Waals surface area contributed by atoms with Crippen molar-refractivity contribution in [3.05, 3.63) is 53.6 Å². The lowest BCUT2D eigenvalue weighted by molar-refractivity contribution is 0.180. The van der Waals surface area contributed by atoms with E-state index in [0.29, 0.717) is 16.5 Å². The molecule has 0 saturated carbocycles. The van der Waals surface area contributed by atoms with Gasteiger partial charge in [-0.25, -0.2) is 4.79 Å². The number of amides is 2. The Labute approximate surface area is 134 Å². The van der Waals surface area contributed by atoms with Crippen molar-refractivity contribution in [2.45, 2.75) is 13.2 Å². The Hall–Kier alpha value is -2.40. The minimum atomic E-state index is -0.506. The largest absolute Gasteiger partial charge is 0.508 e. The van der Waals surface area contributed by atoms with Gasteiger partial charge in [0, 0.05) is 17.8 Å². The van der Waals surface area contributed by atoms with E-state index in [0.717, 1.165) is 0 Å². The minimum absolute atomic E-state index is 0.150. The van der Waals surface area contributed by atoms with Crippen molar-refractivity contribution in [1.29, 1.82) is 0 Å². The quantitative estimate of drug-likeness (QED) is 0.846. The summed E-state index contributed by atoms with van der Waals surface area (Å²) in [6.45, 7) is 1.73. The lowest BCUT2D eigenvalue weighted by atomic mass is 10.3. The molecule has 1 unspecified atom stereocenters. The third-order valence-corrected chi connectivity index (χ3v) is 3.25. The molecule has 2 rings (SSSR count). The summed E-state index contributed by atoms with van der Waals surface area (Å²) < 4.78 is 5.59. The van der Waals surface area contributed by atoms with E-state index in [1.54, 1.807) is 50.4 Å². The van der Waals surface area contributed by atoms with Crippen LogP contribution in [0.5, 0.6) is 11.5 Å². The average Bonchev–Trinajstić information content (AvgIpc) is 2.49. The van der Waals surface area contributed by atoms with Gasteiger partial charge >= 0.3 is 6.03 Å². The zero-order chi connectivity index (χ0) is 16.1. The molecule has 0 bridgehead atoms. The molecule has 0 radical (unpaired) electrons. The average molecular weight is 321 g/mol. The third kappa shape index (κ3) is 4.30. The van der Waals surface area contributed by atoms with E-state index < -0.39 is 6.23 Å². The predicted molar refractivity (Wildman–Crippen MR) is 86.6 cm³/mol. The molecule has 0 heterocycles. The number of phenolic OH excluding ortho intramolecular Hbond substituents is 1. The van der Waals surface area contributed by atoms with Gasteiger partial charge in [0.1, 0.15) is 11.5 Å². The molecule has 2 aromatic rings. The molecular formula is C16H17ClN2O3. The number of rotatable bonds is 4. The highest BCUT2D eigenvalue weighted by atomic mass is 35.5. The zero-order valence-electron chi connectivity index (χ0n) is 12.3. The van der Waals surface area contributed by atoms with Gasteiger partial charge in [0.15, 0.2) is 6.23 Å². The first-order chi connectivity index (χ1) is 10.5. The van der Waals surface area contributed by atoms with Gasteiger partial charge in [-0.3, -0.25) is 4.90 Å². The molecule has 1 atom stereocenters. The summed E-state index contributed by atoms with van der Waals surface area (Å²) >= 11 is 5.80. The fourth-order valence-electron chi connectivity index (χ4n) is 1.81. The Kier molecular flexibility index (Phi) is 5.12. The molecule has 0 saturated heterocycles. The van der Waals surface area contributed by atoms with E-state index in [4.69, 9.17) is 16.3 Å². The lowest BCUT2D eigenvalue weighted by Crippen LogP contribution is -2.44. The van der Waals surface area contributed by atoms with Crippen LogP contribution in [0, 0.1) is 0 Å². The molecule has 0 spiro atoms. The summed E-state index contributed by atoms with van der Waals surface area (Å²) in [6.07, 6.45) is -0.506. The number of benzene rings is 2. The van der Waals surface area contributed by atoms with Crippen LogP contribution < -0.4 is 15.0 Å². The number of hydrogen-bond donors (Lipinski definition) is 2. The van der Waals surface area contributed by atoms with Crippen LogP contribution in [0.1, 0.15) is 6.92 Å². The number of phenols is 1. The highest BCUT2D eigenvalue weighted by Gasteiger charge is 2.14. The first kappa shape index (κ1) is 16.0. The smallest absolute Gasteiger partial charge is 0.324 e. The molecule has 2 amide bonds. The van der Waals surface area contributed by atoms with E-state index in [-0.39, 0.29) is 11.8 Å². The van der Waals surface area contributed by atoms with Crippen molar-refractivity contribution in [3.63, 3.8) is 0 Å². The second-order valence-electron chi connectivity index (χ2n) is 4.74.